The van der Waals surface area contributed by atoms with Gasteiger partial charge in [0, 0.05) is 13.1 Å². The molecule has 0 aromatic heterocycles. The average Bonchev–Trinajstić information content (AvgIpc) is 3.16. The SMILES string of the molecule is COc1ccc(CN2CC2C(=O)NCC(=O)O)cc1. The molecule has 1 amide bonds. The van der Waals surface area contributed by atoms with E-state index < -0.39 is 5.97 Å². The zero-order valence-corrected chi connectivity index (χ0v) is 10.6. The average molecular weight is 264 g/mol. The summed E-state index contributed by atoms with van der Waals surface area (Å²) in [6.07, 6.45) is 0. The number of carboxylic acid groups (broad SMARTS) is 1. The molecule has 2 rings (SSSR count). The minimum absolute atomic E-state index is 0.207. The van der Waals surface area contributed by atoms with Crippen LogP contribution in [-0.2, 0) is 16.1 Å². The number of ether oxygens (including phenoxy) is 1. The summed E-state index contributed by atoms with van der Waals surface area (Å²) < 4.78 is 5.07. The fourth-order valence-corrected chi connectivity index (χ4v) is 1.84. The summed E-state index contributed by atoms with van der Waals surface area (Å²) in [5.74, 6) is -0.461. The van der Waals surface area contributed by atoms with Gasteiger partial charge in [-0.2, -0.15) is 0 Å². The minimum Gasteiger partial charge on any atom is -0.497 e. The van der Waals surface area contributed by atoms with Crippen LogP contribution in [0.2, 0.25) is 0 Å². The lowest BCUT2D eigenvalue weighted by atomic mass is 10.2. The number of hydrogen-bond donors (Lipinski definition) is 2. The molecule has 1 aromatic rings. The normalized spacial score (nSPS) is 20.7. The molecule has 19 heavy (non-hydrogen) atoms. The Bertz CT molecular complexity index is 472. The molecule has 0 spiro atoms. The fourth-order valence-electron chi connectivity index (χ4n) is 1.84. The van der Waals surface area contributed by atoms with Crippen molar-refractivity contribution in [2.45, 2.75) is 12.6 Å². The molecule has 2 atom stereocenters. The van der Waals surface area contributed by atoms with Crippen molar-refractivity contribution in [3.8, 4) is 5.75 Å². The second kappa shape index (κ2) is 5.71. The van der Waals surface area contributed by atoms with Crippen LogP contribution in [0.1, 0.15) is 5.56 Å². The molecule has 0 aliphatic carbocycles. The third-order valence-corrected chi connectivity index (χ3v) is 2.98. The highest BCUT2D eigenvalue weighted by molar-refractivity contribution is 5.87. The molecule has 0 radical (unpaired) electrons. The number of carbonyl (C=O) groups excluding carboxylic acids is 1. The van der Waals surface area contributed by atoms with Gasteiger partial charge in [0.25, 0.3) is 0 Å². The third kappa shape index (κ3) is 3.69. The molecule has 1 saturated heterocycles. The van der Waals surface area contributed by atoms with Gasteiger partial charge in [0.2, 0.25) is 5.91 Å². The molecule has 1 aromatic carbocycles. The minimum atomic E-state index is -1.03. The monoisotopic (exact) mass is 264 g/mol. The second-order valence-corrected chi connectivity index (χ2v) is 4.40. The van der Waals surface area contributed by atoms with Crippen LogP contribution in [0.25, 0.3) is 0 Å². The Hall–Kier alpha value is -2.08. The molecule has 1 aliphatic rings. The van der Waals surface area contributed by atoms with Crippen LogP contribution >= 0.6 is 0 Å². The van der Waals surface area contributed by atoms with Crippen molar-refractivity contribution in [1.29, 1.82) is 0 Å². The summed E-state index contributed by atoms with van der Waals surface area (Å²) in [6, 6.07) is 7.44. The van der Waals surface area contributed by atoms with E-state index in [1.54, 1.807) is 7.11 Å². The van der Waals surface area contributed by atoms with Crippen molar-refractivity contribution in [2.24, 2.45) is 0 Å². The van der Waals surface area contributed by atoms with Crippen molar-refractivity contribution in [3.63, 3.8) is 0 Å². The molecule has 1 fully saturated rings. The van der Waals surface area contributed by atoms with Crippen molar-refractivity contribution in [1.82, 2.24) is 10.2 Å². The van der Waals surface area contributed by atoms with E-state index in [1.807, 2.05) is 29.2 Å². The summed E-state index contributed by atoms with van der Waals surface area (Å²) in [5, 5.41) is 10.9. The number of nitrogens with one attached hydrogen (secondary N) is 1. The van der Waals surface area contributed by atoms with Gasteiger partial charge in [-0.05, 0) is 17.7 Å². The Morgan fingerprint density at radius 2 is 2.11 bits per heavy atom. The highest BCUT2D eigenvalue weighted by Crippen LogP contribution is 2.22. The molecule has 0 bridgehead atoms. The number of aliphatic carboxylic acids is 1. The highest BCUT2D eigenvalue weighted by atomic mass is 16.5. The van der Waals surface area contributed by atoms with Crippen LogP contribution in [0.5, 0.6) is 5.75 Å². The third-order valence-electron chi connectivity index (χ3n) is 2.98. The predicted molar refractivity (Wildman–Crippen MR) is 67.8 cm³/mol. The number of benzene rings is 1. The van der Waals surface area contributed by atoms with Gasteiger partial charge in [0.15, 0.2) is 0 Å². The van der Waals surface area contributed by atoms with Crippen LogP contribution in [0.15, 0.2) is 24.3 Å². The topological polar surface area (TPSA) is 78.6 Å². The van der Waals surface area contributed by atoms with Gasteiger partial charge < -0.3 is 15.2 Å². The van der Waals surface area contributed by atoms with Gasteiger partial charge in [0.05, 0.1) is 7.11 Å². The summed E-state index contributed by atoms with van der Waals surface area (Å²) in [7, 11) is 1.61. The molecule has 6 nitrogen and oxygen atoms in total. The fraction of sp³-hybridized carbons (Fsp3) is 0.385. The zero-order chi connectivity index (χ0) is 13.8. The lowest BCUT2D eigenvalue weighted by Crippen LogP contribution is -2.34. The van der Waals surface area contributed by atoms with Crippen molar-refractivity contribution in [2.75, 3.05) is 20.2 Å². The number of nitrogens with zero attached hydrogens (tertiary/aromatic N) is 1. The van der Waals surface area contributed by atoms with Gasteiger partial charge >= 0.3 is 5.97 Å². The number of amides is 1. The summed E-state index contributed by atoms with van der Waals surface area (Å²) >= 11 is 0. The lowest BCUT2D eigenvalue weighted by Gasteiger charge is -2.05. The molecule has 1 aliphatic heterocycles. The Morgan fingerprint density at radius 1 is 1.42 bits per heavy atom. The van der Waals surface area contributed by atoms with Gasteiger partial charge in [-0.15, -0.1) is 0 Å². The van der Waals surface area contributed by atoms with E-state index >= 15 is 0 Å². The first-order chi connectivity index (χ1) is 9.10. The van der Waals surface area contributed by atoms with E-state index in [0.29, 0.717) is 13.1 Å². The van der Waals surface area contributed by atoms with Crippen molar-refractivity contribution >= 4 is 11.9 Å². The number of methoxy groups -OCH3 is 1. The van der Waals surface area contributed by atoms with Gasteiger partial charge in [-0.25, -0.2) is 0 Å². The molecule has 6 heteroatoms. The lowest BCUT2D eigenvalue weighted by molar-refractivity contribution is -0.137. The summed E-state index contributed by atoms with van der Waals surface area (Å²) in [4.78, 5) is 23.9. The quantitative estimate of drug-likeness (QED) is 0.711. The summed E-state index contributed by atoms with van der Waals surface area (Å²) in [6.45, 7) is 1.01. The predicted octanol–water partition coefficient (Wildman–Crippen LogP) is 0.0802. The number of hydrogen-bond acceptors (Lipinski definition) is 4. The number of rotatable bonds is 6. The second-order valence-electron chi connectivity index (χ2n) is 4.40. The van der Waals surface area contributed by atoms with Crippen LogP contribution in [0, 0.1) is 0 Å². The Balaban J connectivity index is 1.79. The van der Waals surface area contributed by atoms with Crippen molar-refractivity contribution < 1.29 is 19.4 Å². The van der Waals surface area contributed by atoms with Crippen LogP contribution < -0.4 is 10.1 Å². The first-order valence-electron chi connectivity index (χ1n) is 5.96. The zero-order valence-electron chi connectivity index (χ0n) is 10.6. The standard InChI is InChI=1S/C13H16N2O4/c1-19-10-4-2-9(3-5-10)7-15-8-11(15)13(18)14-6-12(16)17/h2-5,11H,6-8H2,1H3,(H,14,18)(H,16,17). The molecule has 102 valence electrons. The van der Waals surface area contributed by atoms with Gasteiger partial charge in [0.1, 0.15) is 18.3 Å². The highest BCUT2D eigenvalue weighted by Gasteiger charge is 2.39. The van der Waals surface area contributed by atoms with Crippen LogP contribution in [-0.4, -0.2) is 48.1 Å². The smallest absolute Gasteiger partial charge is 0.322 e. The maximum Gasteiger partial charge on any atom is 0.322 e. The van der Waals surface area contributed by atoms with E-state index in [2.05, 4.69) is 5.32 Å². The molecule has 2 N–H and O–H groups in total. The van der Waals surface area contributed by atoms with E-state index in [-0.39, 0.29) is 18.5 Å². The van der Waals surface area contributed by atoms with E-state index in [4.69, 9.17) is 9.84 Å². The Kier molecular flexibility index (Phi) is 4.01. The van der Waals surface area contributed by atoms with Gasteiger partial charge in [-0.1, -0.05) is 12.1 Å². The number of carbonyl (C=O) groups is 2. The molecular formula is C13H16N2O4. The molecule has 0 saturated carbocycles. The van der Waals surface area contributed by atoms with Crippen LogP contribution in [0.3, 0.4) is 0 Å². The van der Waals surface area contributed by atoms with E-state index in [0.717, 1.165) is 11.3 Å². The van der Waals surface area contributed by atoms with E-state index in [1.165, 1.54) is 0 Å². The summed E-state index contributed by atoms with van der Waals surface area (Å²) in [5.41, 5.74) is 1.09. The molecule has 2 unspecified atom stereocenters. The van der Waals surface area contributed by atoms with Crippen LogP contribution in [0.4, 0.5) is 0 Å². The molecular weight excluding hydrogens is 248 g/mol. The molecule has 1 heterocycles. The Morgan fingerprint density at radius 3 is 2.68 bits per heavy atom. The first-order valence-corrected chi connectivity index (χ1v) is 5.96. The first kappa shape index (κ1) is 13.4. The van der Waals surface area contributed by atoms with Crippen molar-refractivity contribution in [3.05, 3.63) is 29.8 Å². The van der Waals surface area contributed by atoms with Gasteiger partial charge in [-0.3, -0.25) is 14.5 Å². The maximum absolute atomic E-state index is 11.6. The largest absolute Gasteiger partial charge is 0.497 e. The number of carboxylic acids is 1. The maximum atomic E-state index is 11.6. The Labute approximate surface area is 111 Å². The van der Waals surface area contributed by atoms with E-state index in [9.17, 15) is 9.59 Å².